The first kappa shape index (κ1) is 14.9. The van der Waals surface area contributed by atoms with E-state index in [1.54, 1.807) is 7.11 Å². The van der Waals surface area contributed by atoms with Gasteiger partial charge < -0.3 is 10.1 Å². The topological polar surface area (TPSA) is 47.0 Å². The SMILES string of the molecule is CNc1nc(Cc2cccc(C)c2)nc(COC)c1Br. The molecule has 5 heteroatoms. The number of methoxy groups -OCH3 is 1. The first-order valence-electron chi connectivity index (χ1n) is 6.41. The van der Waals surface area contributed by atoms with Gasteiger partial charge in [0.05, 0.1) is 16.8 Å². The second-order valence-corrected chi connectivity index (χ2v) is 5.39. The van der Waals surface area contributed by atoms with Gasteiger partial charge in [-0.15, -0.1) is 0 Å². The highest BCUT2D eigenvalue weighted by Gasteiger charge is 2.11. The third-order valence-electron chi connectivity index (χ3n) is 2.93. The zero-order valence-electron chi connectivity index (χ0n) is 11.9. The van der Waals surface area contributed by atoms with Crippen molar-refractivity contribution >= 4 is 21.7 Å². The molecule has 0 unspecified atom stereocenters. The van der Waals surface area contributed by atoms with Gasteiger partial charge in [-0.25, -0.2) is 9.97 Å². The molecule has 1 N–H and O–H groups in total. The molecule has 0 spiro atoms. The predicted molar refractivity (Wildman–Crippen MR) is 84.0 cm³/mol. The van der Waals surface area contributed by atoms with Crippen LogP contribution in [0.2, 0.25) is 0 Å². The number of halogens is 1. The summed E-state index contributed by atoms with van der Waals surface area (Å²) in [5, 5.41) is 3.08. The number of aromatic nitrogens is 2. The zero-order valence-corrected chi connectivity index (χ0v) is 13.5. The van der Waals surface area contributed by atoms with E-state index in [4.69, 9.17) is 4.74 Å². The number of aryl methyl sites for hydroxylation is 1. The van der Waals surface area contributed by atoms with Crippen LogP contribution >= 0.6 is 15.9 Å². The van der Waals surface area contributed by atoms with Gasteiger partial charge in [0.1, 0.15) is 11.6 Å². The van der Waals surface area contributed by atoms with E-state index in [0.717, 1.165) is 21.8 Å². The van der Waals surface area contributed by atoms with Gasteiger partial charge in [0.25, 0.3) is 0 Å². The van der Waals surface area contributed by atoms with Crippen LogP contribution in [0.3, 0.4) is 0 Å². The molecule has 0 atom stereocenters. The summed E-state index contributed by atoms with van der Waals surface area (Å²) in [6.07, 6.45) is 0.709. The summed E-state index contributed by atoms with van der Waals surface area (Å²) >= 11 is 3.51. The van der Waals surface area contributed by atoms with Crippen LogP contribution in [0.25, 0.3) is 0 Å². The van der Waals surface area contributed by atoms with Crippen LogP contribution in [0.1, 0.15) is 22.6 Å². The van der Waals surface area contributed by atoms with E-state index >= 15 is 0 Å². The lowest BCUT2D eigenvalue weighted by molar-refractivity contribution is 0.180. The number of benzene rings is 1. The van der Waals surface area contributed by atoms with Crippen molar-refractivity contribution in [1.29, 1.82) is 0 Å². The quantitative estimate of drug-likeness (QED) is 0.910. The van der Waals surface area contributed by atoms with Gasteiger partial charge in [-0.1, -0.05) is 29.8 Å². The minimum Gasteiger partial charge on any atom is -0.378 e. The number of anilines is 1. The van der Waals surface area contributed by atoms with Gasteiger partial charge in [0, 0.05) is 20.6 Å². The minimum absolute atomic E-state index is 0.457. The highest BCUT2D eigenvalue weighted by Crippen LogP contribution is 2.24. The smallest absolute Gasteiger partial charge is 0.144 e. The van der Waals surface area contributed by atoms with E-state index in [1.165, 1.54) is 11.1 Å². The Morgan fingerprint density at radius 2 is 2.10 bits per heavy atom. The normalized spacial score (nSPS) is 10.6. The standard InChI is InChI=1S/C15H18BrN3O/c1-10-5-4-6-11(7-10)8-13-18-12(9-20-3)14(16)15(17-2)19-13/h4-7H,8-9H2,1-3H3,(H,17,18,19). The van der Waals surface area contributed by atoms with Crippen LogP contribution in [-0.2, 0) is 17.8 Å². The maximum atomic E-state index is 5.18. The van der Waals surface area contributed by atoms with Crippen molar-refractivity contribution < 1.29 is 4.74 Å². The second-order valence-electron chi connectivity index (χ2n) is 4.60. The fraction of sp³-hybridized carbons (Fsp3) is 0.333. The van der Waals surface area contributed by atoms with E-state index in [0.29, 0.717) is 13.0 Å². The van der Waals surface area contributed by atoms with Gasteiger partial charge in [0.2, 0.25) is 0 Å². The molecule has 1 aromatic heterocycles. The number of nitrogens with zero attached hydrogens (tertiary/aromatic N) is 2. The Morgan fingerprint density at radius 3 is 2.75 bits per heavy atom. The van der Waals surface area contributed by atoms with Crippen LogP contribution in [-0.4, -0.2) is 24.1 Å². The molecule has 0 saturated carbocycles. The Morgan fingerprint density at radius 1 is 1.30 bits per heavy atom. The molecule has 2 aromatic rings. The maximum absolute atomic E-state index is 5.18. The van der Waals surface area contributed by atoms with Crippen molar-refractivity contribution in [1.82, 2.24) is 9.97 Å². The summed E-state index contributed by atoms with van der Waals surface area (Å²) in [4.78, 5) is 9.11. The summed E-state index contributed by atoms with van der Waals surface area (Å²) in [5.41, 5.74) is 3.30. The van der Waals surface area contributed by atoms with Crippen molar-refractivity contribution in [3.05, 3.63) is 51.4 Å². The Balaban J connectivity index is 2.34. The summed E-state index contributed by atoms with van der Waals surface area (Å²) in [7, 11) is 3.51. The number of ether oxygens (including phenoxy) is 1. The van der Waals surface area contributed by atoms with E-state index < -0.39 is 0 Å². The zero-order chi connectivity index (χ0) is 14.5. The van der Waals surface area contributed by atoms with E-state index in [9.17, 15) is 0 Å². The highest BCUT2D eigenvalue weighted by atomic mass is 79.9. The molecule has 1 aromatic carbocycles. The van der Waals surface area contributed by atoms with Gasteiger partial charge in [-0.3, -0.25) is 0 Å². The Kier molecular flexibility index (Phi) is 5.09. The number of nitrogens with one attached hydrogen (secondary N) is 1. The summed E-state index contributed by atoms with van der Waals surface area (Å²) in [6, 6.07) is 8.38. The average molecular weight is 336 g/mol. The lowest BCUT2D eigenvalue weighted by Gasteiger charge is -2.11. The molecule has 20 heavy (non-hydrogen) atoms. The summed E-state index contributed by atoms with van der Waals surface area (Å²) in [5.74, 6) is 1.57. The predicted octanol–water partition coefficient (Wildman–Crippen LogP) is 3.33. The average Bonchev–Trinajstić information content (AvgIpc) is 2.42. The van der Waals surface area contributed by atoms with Crippen LogP contribution < -0.4 is 5.32 Å². The lowest BCUT2D eigenvalue weighted by atomic mass is 10.1. The molecular formula is C15H18BrN3O. The number of hydrogen-bond donors (Lipinski definition) is 1. The van der Waals surface area contributed by atoms with Crippen LogP contribution in [0, 0.1) is 6.92 Å². The molecule has 0 radical (unpaired) electrons. The van der Waals surface area contributed by atoms with E-state index in [1.807, 2.05) is 7.05 Å². The number of rotatable bonds is 5. The molecule has 0 saturated heterocycles. The highest BCUT2D eigenvalue weighted by molar-refractivity contribution is 9.10. The van der Waals surface area contributed by atoms with Crippen molar-refractivity contribution in [2.24, 2.45) is 0 Å². The monoisotopic (exact) mass is 335 g/mol. The fourth-order valence-electron chi connectivity index (χ4n) is 2.03. The van der Waals surface area contributed by atoms with Gasteiger partial charge in [-0.2, -0.15) is 0 Å². The van der Waals surface area contributed by atoms with Crippen LogP contribution in [0.5, 0.6) is 0 Å². The van der Waals surface area contributed by atoms with Crippen molar-refractivity contribution in [3.63, 3.8) is 0 Å². The van der Waals surface area contributed by atoms with Crippen molar-refractivity contribution in [2.45, 2.75) is 20.0 Å². The third kappa shape index (κ3) is 3.55. The van der Waals surface area contributed by atoms with Crippen LogP contribution in [0.15, 0.2) is 28.7 Å². The van der Waals surface area contributed by atoms with Crippen molar-refractivity contribution in [3.8, 4) is 0 Å². The first-order chi connectivity index (χ1) is 9.63. The molecule has 0 aliphatic heterocycles. The summed E-state index contributed by atoms with van der Waals surface area (Å²) in [6.45, 7) is 2.54. The van der Waals surface area contributed by atoms with Gasteiger partial charge in [0.15, 0.2) is 0 Å². The molecule has 0 bridgehead atoms. The first-order valence-corrected chi connectivity index (χ1v) is 7.21. The minimum atomic E-state index is 0.457. The molecule has 0 aliphatic carbocycles. The second kappa shape index (κ2) is 6.81. The molecule has 0 aliphatic rings. The third-order valence-corrected chi connectivity index (χ3v) is 3.76. The van der Waals surface area contributed by atoms with E-state index in [2.05, 4.69) is 62.4 Å². The lowest BCUT2D eigenvalue weighted by Crippen LogP contribution is -2.07. The summed E-state index contributed by atoms with van der Waals surface area (Å²) < 4.78 is 6.04. The maximum Gasteiger partial charge on any atom is 0.144 e. The largest absolute Gasteiger partial charge is 0.378 e. The molecule has 0 amide bonds. The van der Waals surface area contributed by atoms with Gasteiger partial charge in [-0.05, 0) is 28.4 Å². The Labute approximate surface area is 127 Å². The molecule has 1 heterocycles. The van der Waals surface area contributed by atoms with Crippen molar-refractivity contribution in [2.75, 3.05) is 19.5 Å². The Hall–Kier alpha value is -1.46. The number of hydrogen-bond acceptors (Lipinski definition) is 4. The molecular weight excluding hydrogens is 318 g/mol. The Bertz CT molecular complexity index is 602. The van der Waals surface area contributed by atoms with Gasteiger partial charge >= 0.3 is 0 Å². The van der Waals surface area contributed by atoms with E-state index in [-0.39, 0.29) is 0 Å². The van der Waals surface area contributed by atoms with Crippen LogP contribution in [0.4, 0.5) is 5.82 Å². The molecule has 106 valence electrons. The molecule has 4 nitrogen and oxygen atoms in total. The molecule has 0 fully saturated rings. The molecule has 2 rings (SSSR count). The fourth-order valence-corrected chi connectivity index (χ4v) is 2.52.